The quantitative estimate of drug-likeness (QED) is 0.704. The van der Waals surface area contributed by atoms with Crippen LogP contribution in [-0.4, -0.2) is 63.6 Å². The molecule has 0 bridgehead atoms. The summed E-state index contributed by atoms with van der Waals surface area (Å²) in [5.41, 5.74) is 1.64. The molecule has 9 nitrogen and oxygen atoms in total. The molecule has 0 radical (unpaired) electrons. The van der Waals surface area contributed by atoms with Gasteiger partial charge in [-0.1, -0.05) is 5.16 Å². The molecule has 1 aliphatic heterocycles. The van der Waals surface area contributed by atoms with Crippen molar-refractivity contribution >= 4 is 11.6 Å². The fourth-order valence-electron chi connectivity index (χ4n) is 2.85. The first-order valence-electron chi connectivity index (χ1n) is 8.79. The van der Waals surface area contributed by atoms with E-state index < -0.39 is 0 Å². The molecular formula is C18H20N6O3. The number of rotatable bonds is 6. The van der Waals surface area contributed by atoms with Gasteiger partial charge in [-0.15, -0.1) is 0 Å². The Morgan fingerprint density at radius 1 is 1.19 bits per heavy atom. The van der Waals surface area contributed by atoms with Gasteiger partial charge >= 0.3 is 0 Å². The number of nitrogens with zero attached hydrogens (tertiary/aromatic N) is 5. The highest BCUT2D eigenvalue weighted by Crippen LogP contribution is 2.19. The molecule has 0 unspecified atom stereocenters. The van der Waals surface area contributed by atoms with Crippen LogP contribution in [0, 0.1) is 0 Å². The van der Waals surface area contributed by atoms with Crippen molar-refractivity contribution in [1.82, 2.24) is 24.8 Å². The molecule has 4 rings (SSSR count). The van der Waals surface area contributed by atoms with Crippen molar-refractivity contribution in [2.24, 2.45) is 0 Å². The van der Waals surface area contributed by atoms with Crippen molar-refractivity contribution in [3.8, 4) is 11.3 Å². The molecule has 9 heteroatoms. The van der Waals surface area contributed by atoms with E-state index >= 15 is 0 Å². The van der Waals surface area contributed by atoms with Crippen molar-refractivity contribution in [2.75, 3.05) is 38.2 Å². The zero-order valence-corrected chi connectivity index (χ0v) is 14.7. The Labute approximate surface area is 155 Å². The third-order valence-corrected chi connectivity index (χ3v) is 4.35. The van der Waals surface area contributed by atoms with Gasteiger partial charge < -0.3 is 14.6 Å². The van der Waals surface area contributed by atoms with Crippen molar-refractivity contribution < 1.29 is 14.1 Å². The van der Waals surface area contributed by atoms with E-state index in [0.717, 1.165) is 45.0 Å². The van der Waals surface area contributed by atoms with Gasteiger partial charge in [-0.05, 0) is 12.1 Å². The molecule has 1 amide bonds. The number of hydrogen-bond acceptors (Lipinski definition) is 7. The molecule has 1 fully saturated rings. The van der Waals surface area contributed by atoms with E-state index in [1.54, 1.807) is 36.8 Å². The lowest BCUT2D eigenvalue weighted by Crippen LogP contribution is -2.38. The Balaban J connectivity index is 1.33. The standard InChI is InChI=1S/C18H20N6O3/c25-18(16-11-17(27-22-16)14-1-3-19-4-2-14)21-15-12-20-24(13-15)6-5-23-7-9-26-10-8-23/h1-4,11-13H,5-10H2,(H,21,25). The minimum absolute atomic E-state index is 0.211. The van der Waals surface area contributed by atoms with E-state index in [2.05, 4.69) is 25.5 Å². The van der Waals surface area contributed by atoms with Crippen LogP contribution in [0.5, 0.6) is 0 Å². The number of amides is 1. The lowest BCUT2D eigenvalue weighted by atomic mass is 10.2. The summed E-state index contributed by atoms with van der Waals surface area (Å²) in [5, 5.41) is 10.9. The third-order valence-electron chi connectivity index (χ3n) is 4.35. The number of aromatic nitrogens is 4. The number of pyridine rings is 1. The highest BCUT2D eigenvalue weighted by Gasteiger charge is 2.15. The SMILES string of the molecule is O=C(Nc1cnn(CCN2CCOCC2)c1)c1cc(-c2ccncc2)on1. The molecule has 0 atom stereocenters. The van der Waals surface area contributed by atoms with Crippen LogP contribution in [0.1, 0.15) is 10.5 Å². The predicted molar refractivity (Wildman–Crippen MR) is 97.2 cm³/mol. The summed E-state index contributed by atoms with van der Waals surface area (Å²) in [6.45, 7) is 5.09. The maximum atomic E-state index is 12.4. The molecule has 3 aromatic rings. The van der Waals surface area contributed by atoms with E-state index in [-0.39, 0.29) is 11.6 Å². The second-order valence-corrected chi connectivity index (χ2v) is 6.21. The fraction of sp³-hybridized carbons (Fsp3) is 0.333. The van der Waals surface area contributed by atoms with Gasteiger partial charge in [-0.2, -0.15) is 5.10 Å². The van der Waals surface area contributed by atoms with Crippen molar-refractivity contribution in [3.05, 3.63) is 48.7 Å². The molecule has 1 aliphatic rings. The highest BCUT2D eigenvalue weighted by molar-refractivity contribution is 6.03. The van der Waals surface area contributed by atoms with E-state index in [0.29, 0.717) is 11.4 Å². The molecule has 3 aromatic heterocycles. The first kappa shape index (κ1) is 17.4. The van der Waals surface area contributed by atoms with E-state index in [1.807, 2.05) is 10.9 Å². The Hall–Kier alpha value is -3.04. The molecule has 1 saturated heterocycles. The lowest BCUT2D eigenvalue weighted by molar-refractivity contribution is 0.0360. The van der Waals surface area contributed by atoms with E-state index in [1.165, 1.54) is 0 Å². The van der Waals surface area contributed by atoms with Crippen LogP contribution < -0.4 is 5.32 Å². The molecule has 0 saturated carbocycles. The third kappa shape index (κ3) is 4.39. The summed E-state index contributed by atoms with van der Waals surface area (Å²) in [6.07, 6.45) is 6.75. The van der Waals surface area contributed by atoms with Crippen LogP contribution in [-0.2, 0) is 11.3 Å². The average Bonchev–Trinajstić information content (AvgIpc) is 3.38. The van der Waals surface area contributed by atoms with Gasteiger partial charge in [0.2, 0.25) is 0 Å². The number of hydrogen-bond donors (Lipinski definition) is 1. The summed E-state index contributed by atoms with van der Waals surface area (Å²) in [4.78, 5) is 18.7. The van der Waals surface area contributed by atoms with Gasteiger partial charge in [0.15, 0.2) is 11.5 Å². The van der Waals surface area contributed by atoms with Crippen molar-refractivity contribution in [3.63, 3.8) is 0 Å². The van der Waals surface area contributed by atoms with Crippen LogP contribution in [0.25, 0.3) is 11.3 Å². The smallest absolute Gasteiger partial charge is 0.277 e. The summed E-state index contributed by atoms with van der Waals surface area (Å²) < 4.78 is 12.4. The lowest BCUT2D eigenvalue weighted by Gasteiger charge is -2.26. The number of carbonyl (C=O) groups is 1. The largest absolute Gasteiger partial charge is 0.379 e. The van der Waals surface area contributed by atoms with Gasteiger partial charge in [-0.3, -0.25) is 19.4 Å². The first-order chi connectivity index (χ1) is 13.3. The van der Waals surface area contributed by atoms with Crippen LogP contribution in [0.2, 0.25) is 0 Å². The van der Waals surface area contributed by atoms with Crippen molar-refractivity contribution in [1.29, 1.82) is 0 Å². The summed E-state index contributed by atoms with van der Waals surface area (Å²) >= 11 is 0. The zero-order valence-electron chi connectivity index (χ0n) is 14.7. The highest BCUT2D eigenvalue weighted by atomic mass is 16.5. The maximum absolute atomic E-state index is 12.4. The zero-order chi connectivity index (χ0) is 18.5. The van der Waals surface area contributed by atoms with Gasteiger partial charge in [0.1, 0.15) is 0 Å². The summed E-state index contributed by atoms with van der Waals surface area (Å²) in [6, 6.07) is 5.19. The second-order valence-electron chi connectivity index (χ2n) is 6.21. The molecular weight excluding hydrogens is 348 g/mol. The number of nitrogens with one attached hydrogen (secondary N) is 1. The number of carbonyl (C=O) groups excluding carboxylic acids is 1. The molecule has 0 aromatic carbocycles. The van der Waals surface area contributed by atoms with E-state index in [4.69, 9.17) is 9.26 Å². The number of ether oxygens (including phenoxy) is 1. The van der Waals surface area contributed by atoms with Gasteiger partial charge in [0.05, 0.1) is 31.6 Å². The summed E-state index contributed by atoms with van der Waals surface area (Å²) in [7, 11) is 0. The van der Waals surface area contributed by atoms with Gasteiger partial charge in [-0.25, -0.2) is 0 Å². The molecule has 0 spiro atoms. The van der Waals surface area contributed by atoms with Crippen LogP contribution in [0.3, 0.4) is 0 Å². The second kappa shape index (κ2) is 8.11. The number of morpholine rings is 1. The molecule has 1 N–H and O–H groups in total. The Morgan fingerprint density at radius 2 is 2.00 bits per heavy atom. The monoisotopic (exact) mass is 368 g/mol. The van der Waals surface area contributed by atoms with Gasteiger partial charge in [0.25, 0.3) is 5.91 Å². The van der Waals surface area contributed by atoms with Crippen LogP contribution in [0.15, 0.2) is 47.5 Å². The first-order valence-corrected chi connectivity index (χ1v) is 8.79. The summed E-state index contributed by atoms with van der Waals surface area (Å²) in [5.74, 6) is 0.176. The van der Waals surface area contributed by atoms with Crippen LogP contribution in [0.4, 0.5) is 5.69 Å². The van der Waals surface area contributed by atoms with Crippen molar-refractivity contribution in [2.45, 2.75) is 6.54 Å². The minimum atomic E-state index is -0.341. The molecule has 0 aliphatic carbocycles. The van der Waals surface area contributed by atoms with Gasteiger partial charge in [0, 0.05) is 49.9 Å². The average molecular weight is 368 g/mol. The molecule has 27 heavy (non-hydrogen) atoms. The Bertz CT molecular complexity index is 885. The Kier molecular flexibility index (Phi) is 5.22. The minimum Gasteiger partial charge on any atom is -0.379 e. The van der Waals surface area contributed by atoms with E-state index in [9.17, 15) is 4.79 Å². The number of anilines is 1. The predicted octanol–water partition coefficient (Wildman–Crippen LogP) is 1.52. The topological polar surface area (TPSA) is 98.3 Å². The normalized spacial score (nSPS) is 15.0. The Morgan fingerprint density at radius 3 is 2.81 bits per heavy atom. The molecule has 140 valence electrons. The maximum Gasteiger partial charge on any atom is 0.277 e. The molecule has 4 heterocycles. The van der Waals surface area contributed by atoms with Crippen LogP contribution >= 0.6 is 0 Å². The fourth-order valence-corrected chi connectivity index (χ4v) is 2.85.